The standard InChI is InChI=1S/C16H11NO6/c1-22-15-4-2-9(6-13(15)18)11-8-16(19)23-14-5-3-10(17(20)21)7-12(11)14/h2-8,18H,1H3. The van der Waals surface area contributed by atoms with E-state index in [9.17, 15) is 20.0 Å². The monoisotopic (exact) mass is 313 g/mol. The summed E-state index contributed by atoms with van der Waals surface area (Å²) in [6.07, 6.45) is 0. The van der Waals surface area contributed by atoms with Gasteiger partial charge >= 0.3 is 5.63 Å². The van der Waals surface area contributed by atoms with Gasteiger partial charge in [-0.1, -0.05) is 6.07 Å². The lowest BCUT2D eigenvalue weighted by molar-refractivity contribution is -0.384. The number of nitro groups is 1. The number of benzene rings is 2. The topological polar surface area (TPSA) is 103 Å². The van der Waals surface area contributed by atoms with E-state index in [2.05, 4.69) is 0 Å². The number of non-ortho nitro benzene ring substituents is 1. The van der Waals surface area contributed by atoms with Crippen LogP contribution in [0.2, 0.25) is 0 Å². The minimum Gasteiger partial charge on any atom is -0.504 e. The number of methoxy groups -OCH3 is 1. The van der Waals surface area contributed by atoms with Crippen LogP contribution in [0.15, 0.2) is 51.7 Å². The number of phenols is 1. The summed E-state index contributed by atoms with van der Waals surface area (Å²) in [5.41, 5.74) is 0.468. The molecule has 0 fully saturated rings. The second-order valence-corrected chi connectivity index (χ2v) is 4.80. The maximum atomic E-state index is 11.7. The fourth-order valence-corrected chi connectivity index (χ4v) is 2.36. The molecule has 0 unspecified atom stereocenters. The highest BCUT2D eigenvalue weighted by atomic mass is 16.6. The molecular weight excluding hydrogens is 302 g/mol. The Morgan fingerprint density at radius 1 is 1.17 bits per heavy atom. The third-order valence-electron chi connectivity index (χ3n) is 3.43. The van der Waals surface area contributed by atoms with Gasteiger partial charge in [-0.25, -0.2) is 4.79 Å². The SMILES string of the molecule is COc1ccc(-c2cc(=O)oc3ccc([N+](=O)[O-])cc23)cc1O. The number of ether oxygens (including phenoxy) is 1. The molecule has 7 heteroatoms. The summed E-state index contributed by atoms with van der Waals surface area (Å²) >= 11 is 0. The van der Waals surface area contributed by atoms with Crippen molar-refractivity contribution in [1.29, 1.82) is 0 Å². The minimum absolute atomic E-state index is 0.100. The Hall–Kier alpha value is -3.35. The number of fused-ring (bicyclic) bond motifs is 1. The number of nitrogens with zero attached hydrogens (tertiary/aromatic N) is 1. The smallest absolute Gasteiger partial charge is 0.336 e. The van der Waals surface area contributed by atoms with E-state index in [1.807, 2.05) is 0 Å². The number of phenolic OH excluding ortho intramolecular Hbond substituents is 1. The van der Waals surface area contributed by atoms with Crippen LogP contribution in [0.1, 0.15) is 0 Å². The molecule has 0 atom stereocenters. The van der Waals surface area contributed by atoms with Crippen LogP contribution in [-0.2, 0) is 0 Å². The maximum Gasteiger partial charge on any atom is 0.336 e. The van der Waals surface area contributed by atoms with Crippen LogP contribution in [0.25, 0.3) is 22.1 Å². The fourth-order valence-electron chi connectivity index (χ4n) is 2.36. The van der Waals surface area contributed by atoms with Gasteiger partial charge in [0.05, 0.1) is 12.0 Å². The Labute approximate surface area is 129 Å². The number of hydrogen-bond donors (Lipinski definition) is 1. The van der Waals surface area contributed by atoms with Gasteiger partial charge in [-0.15, -0.1) is 0 Å². The summed E-state index contributed by atoms with van der Waals surface area (Å²) < 4.78 is 10.0. The molecule has 3 rings (SSSR count). The van der Waals surface area contributed by atoms with E-state index >= 15 is 0 Å². The van der Waals surface area contributed by atoms with Crippen LogP contribution in [0.4, 0.5) is 5.69 Å². The molecule has 0 amide bonds. The molecule has 0 aliphatic carbocycles. The molecule has 1 N–H and O–H groups in total. The molecule has 1 heterocycles. The van der Waals surface area contributed by atoms with Gasteiger partial charge in [0.25, 0.3) is 5.69 Å². The lowest BCUT2D eigenvalue weighted by atomic mass is 10.0. The highest BCUT2D eigenvalue weighted by molar-refractivity contribution is 5.94. The third-order valence-corrected chi connectivity index (χ3v) is 3.43. The summed E-state index contributed by atoms with van der Waals surface area (Å²) in [7, 11) is 1.42. The van der Waals surface area contributed by atoms with Crippen LogP contribution in [0, 0.1) is 10.1 Å². The van der Waals surface area contributed by atoms with E-state index in [0.29, 0.717) is 16.5 Å². The summed E-state index contributed by atoms with van der Waals surface area (Å²) in [5.74, 6) is 0.184. The number of nitro benzene ring substituents is 1. The highest BCUT2D eigenvalue weighted by Crippen LogP contribution is 2.35. The van der Waals surface area contributed by atoms with Crippen molar-refractivity contribution in [3.63, 3.8) is 0 Å². The third kappa shape index (κ3) is 2.59. The first-order chi connectivity index (χ1) is 11.0. The predicted octanol–water partition coefficient (Wildman–Crippen LogP) is 3.08. The highest BCUT2D eigenvalue weighted by Gasteiger charge is 2.14. The van der Waals surface area contributed by atoms with E-state index < -0.39 is 10.5 Å². The predicted molar refractivity (Wildman–Crippen MR) is 82.8 cm³/mol. The van der Waals surface area contributed by atoms with Gasteiger partial charge in [-0.2, -0.15) is 0 Å². The van der Waals surface area contributed by atoms with Crippen LogP contribution in [-0.4, -0.2) is 17.1 Å². The van der Waals surface area contributed by atoms with Crippen LogP contribution in [0.3, 0.4) is 0 Å². The molecular formula is C16H11NO6. The average molecular weight is 313 g/mol. The molecule has 3 aromatic rings. The molecule has 23 heavy (non-hydrogen) atoms. The molecule has 0 bridgehead atoms. The first kappa shape index (κ1) is 14.6. The van der Waals surface area contributed by atoms with Gasteiger partial charge in [0.1, 0.15) is 5.58 Å². The van der Waals surface area contributed by atoms with Gasteiger partial charge < -0.3 is 14.3 Å². The first-order valence-corrected chi connectivity index (χ1v) is 6.59. The van der Waals surface area contributed by atoms with E-state index in [-0.39, 0.29) is 22.8 Å². The molecule has 0 saturated heterocycles. The van der Waals surface area contributed by atoms with E-state index in [1.165, 1.54) is 37.4 Å². The Morgan fingerprint density at radius 3 is 2.61 bits per heavy atom. The Morgan fingerprint density at radius 2 is 1.96 bits per heavy atom. The molecule has 7 nitrogen and oxygen atoms in total. The van der Waals surface area contributed by atoms with Gasteiger partial charge in [-0.3, -0.25) is 10.1 Å². The van der Waals surface area contributed by atoms with Crippen molar-refractivity contribution >= 4 is 16.7 Å². The van der Waals surface area contributed by atoms with Crippen LogP contribution >= 0.6 is 0 Å². The Kier molecular flexibility index (Phi) is 3.46. The molecule has 0 saturated carbocycles. The van der Waals surface area contributed by atoms with Gasteiger partial charge in [0, 0.05) is 29.1 Å². The second-order valence-electron chi connectivity index (χ2n) is 4.80. The molecule has 116 valence electrons. The molecule has 0 aliphatic heterocycles. The summed E-state index contributed by atoms with van der Waals surface area (Å²) in [4.78, 5) is 22.1. The lowest BCUT2D eigenvalue weighted by Gasteiger charge is -2.08. The van der Waals surface area contributed by atoms with Crippen molar-refractivity contribution in [1.82, 2.24) is 0 Å². The quantitative estimate of drug-likeness (QED) is 0.453. The van der Waals surface area contributed by atoms with Gasteiger partial charge in [0.15, 0.2) is 11.5 Å². The zero-order valence-corrected chi connectivity index (χ0v) is 12.0. The van der Waals surface area contributed by atoms with Crippen molar-refractivity contribution in [2.24, 2.45) is 0 Å². The van der Waals surface area contributed by atoms with Crippen molar-refractivity contribution < 1.29 is 19.2 Å². The second kappa shape index (κ2) is 5.45. The van der Waals surface area contributed by atoms with Gasteiger partial charge in [0.2, 0.25) is 0 Å². The summed E-state index contributed by atoms with van der Waals surface area (Å²) in [6, 6.07) is 9.81. The van der Waals surface area contributed by atoms with Crippen LogP contribution in [0.5, 0.6) is 11.5 Å². The molecule has 1 aromatic heterocycles. The molecule has 2 aromatic carbocycles. The summed E-state index contributed by atoms with van der Waals surface area (Å²) in [5, 5.41) is 21.3. The molecule has 0 radical (unpaired) electrons. The zero-order valence-electron chi connectivity index (χ0n) is 12.0. The Bertz CT molecular complexity index is 976. The van der Waals surface area contributed by atoms with Gasteiger partial charge in [-0.05, 0) is 23.8 Å². The van der Waals surface area contributed by atoms with E-state index in [1.54, 1.807) is 12.1 Å². The van der Waals surface area contributed by atoms with Crippen molar-refractivity contribution in [2.45, 2.75) is 0 Å². The fraction of sp³-hybridized carbons (Fsp3) is 0.0625. The zero-order chi connectivity index (χ0) is 16.6. The molecule has 0 spiro atoms. The molecule has 0 aliphatic rings. The average Bonchev–Trinajstić information content (AvgIpc) is 2.53. The first-order valence-electron chi connectivity index (χ1n) is 6.59. The van der Waals surface area contributed by atoms with E-state index in [4.69, 9.17) is 9.15 Å². The lowest BCUT2D eigenvalue weighted by Crippen LogP contribution is -1.99. The van der Waals surface area contributed by atoms with E-state index in [0.717, 1.165) is 0 Å². The van der Waals surface area contributed by atoms with Crippen molar-refractivity contribution in [3.8, 4) is 22.6 Å². The maximum absolute atomic E-state index is 11.7. The minimum atomic E-state index is -0.586. The number of aromatic hydroxyl groups is 1. The normalized spacial score (nSPS) is 10.7. The van der Waals surface area contributed by atoms with Crippen molar-refractivity contribution in [2.75, 3.05) is 7.11 Å². The van der Waals surface area contributed by atoms with Crippen LogP contribution < -0.4 is 10.4 Å². The largest absolute Gasteiger partial charge is 0.504 e. The van der Waals surface area contributed by atoms with Crippen molar-refractivity contribution in [3.05, 3.63) is 63.0 Å². The Balaban J connectivity index is 2.31. The number of rotatable bonds is 3. The number of hydrogen-bond acceptors (Lipinski definition) is 6. The summed E-state index contributed by atoms with van der Waals surface area (Å²) in [6.45, 7) is 0.